The van der Waals surface area contributed by atoms with Crippen LogP contribution in [-0.4, -0.2) is 23.5 Å². The van der Waals surface area contributed by atoms with E-state index < -0.39 is 0 Å². The molecule has 4 heteroatoms. The van der Waals surface area contributed by atoms with E-state index in [-0.39, 0.29) is 17.9 Å². The Labute approximate surface area is 113 Å². The maximum Gasteiger partial charge on any atom is 0.253 e. The highest BCUT2D eigenvalue weighted by Gasteiger charge is 2.16. The molecule has 0 saturated heterocycles. The van der Waals surface area contributed by atoms with Crippen molar-refractivity contribution >= 4 is 16.8 Å². The summed E-state index contributed by atoms with van der Waals surface area (Å²) >= 11 is 0. The van der Waals surface area contributed by atoms with Crippen molar-refractivity contribution in [1.29, 1.82) is 0 Å². The van der Waals surface area contributed by atoms with E-state index in [1.807, 2.05) is 38.1 Å². The van der Waals surface area contributed by atoms with Gasteiger partial charge in [0.15, 0.2) is 0 Å². The molecular weight excluding hydrogens is 238 g/mol. The zero-order valence-electron chi connectivity index (χ0n) is 11.3. The van der Waals surface area contributed by atoms with Crippen molar-refractivity contribution in [3.63, 3.8) is 0 Å². The molecule has 3 N–H and O–H groups in total. The zero-order valence-corrected chi connectivity index (χ0v) is 11.3. The molecule has 100 valence electrons. The highest BCUT2D eigenvalue weighted by atomic mass is 16.1. The fraction of sp³-hybridized carbons (Fsp3) is 0.333. The Kier molecular flexibility index (Phi) is 4.12. The highest BCUT2D eigenvalue weighted by Crippen LogP contribution is 2.16. The molecule has 0 aliphatic rings. The van der Waals surface area contributed by atoms with Crippen molar-refractivity contribution in [3.8, 4) is 0 Å². The highest BCUT2D eigenvalue weighted by molar-refractivity contribution is 6.05. The molecule has 0 aliphatic carbocycles. The normalized spacial score (nSPS) is 14.1. The van der Waals surface area contributed by atoms with Crippen molar-refractivity contribution in [2.45, 2.75) is 19.9 Å². The summed E-state index contributed by atoms with van der Waals surface area (Å²) in [6.45, 7) is 4.54. The molecule has 0 fully saturated rings. The van der Waals surface area contributed by atoms with E-state index in [1.165, 1.54) is 0 Å². The molecule has 1 amide bonds. The number of carbonyl (C=O) groups is 1. The van der Waals surface area contributed by atoms with Crippen LogP contribution in [0.15, 0.2) is 36.5 Å². The van der Waals surface area contributed by atoms with Crippen LogP contribution in [0.3, 0.4) is 0 Å². The van der Waals surface area contributed by atoms with E-state index in [1.54, 1.807) is 12.3 Å². The third kappa shape index (κ3) is 2.90. The van der Waals surface area contributed by atoms with Gasteiger partial charge in [0.1, 0.15) is 0 Å². The largest absolute Gasteiger partial charge is 0.349 e. The molecule has 1 aromatic heterocycles. The number of aromatic nitrogens is 1. The number of hydrogen-bond donors (Lipinski definition) is 2. The van der Waals surface area contributed by atoms with E-state index in [9.17, 15) is 4.79 Å². The Hall–Kier alpha value is -1.94. The molecule has 0 saturated carbocycles. The number of rotatable bonds is 4. The van der Waals surface area contributed by atoms with Gasteiger partial charge in [0, 0.05) is 17.6 Å². The number of fused-ring (bicyclic) bond motifs is 1. The third-order valence-corrected chi connectivity index (χ3v) is 3.46. The van der Waals surface area contributed by atoms with Crippen molar-refractivity contribution in [3.05, 3.63) is 42.1 Å². The van der Waals surface area contributed by atoms with Gasteiger partial charge in [0.05, 0.1) is 11.1 Å². The molecule has 19 heavy (non-hydrogen) atoms. The lowest BCUT2D eigenvalue weighted by Gasteiger charge is -2.20. The lowest BCUT2D eigenvalue weighted by atomic mass is 10.0. The van der Waals surface area contributed by atoms with Crippen molar-refractivity contribution in [2.24, 2.45) is 11.7 Å². The summed E-state index contributed by atoms with van der Waals surface area (Å²) in [5.41, 5.74) is 6.95. The van der Waals surface area contributed by atoms with Gasteiger partial charge < -0.3 is 11.1 Å². The second-order valence-corrected chi connectivity index (χ2v) is 4.86. The van der Waals surface area contributed by atoms with Gasteiger partial charge in [0.25, 0.3) is 5.91 Å². The molecule has 0 aliphatic heterocycles. The summed E-state index contributed by atoms with van der Waals surface area (Å²) in [5, 5.41) is 3.95. The maximum atomic E-state index is 12.3. The lowest BCUT2D eigenvalue weighted by molar-refractivity contribution is 0.0931. The fourth-order valence-corrected chi connectivity index (χ4v) is 1.92. The summed E-state index contributed by atoms with van der Waals surface area (Å²) in [5.74, 6) is 0.143. The quantitative estimate of drug-likeness (QED) is 0.879. The Morgan fingerprint density at radius 1 is 1.32 bits per heavy atom. The first-order chi connectivity index (χ1) is 9.13. The average molecular weight is 257 g/mol. The summed E-state index contributed by atoms with van der Waals surface area (Å²) in [7, 11) is 0. The van der Waals surface area contributed by atoms with Crippen LogP contribution in [0.25, 0.3) is 10.9 Å². The summed E-state index contributed by atoms with van der Waals surface area (Å²) < 4.78 is 0. The molecule has 1 aromatic carbocycles. The van der Waals surface area contributed by atoms with Crippen LogP contribution in [0.1, 0.15) is 24.2 Å². The molecule has 2 rings (SSSR count). The summed E-state index contributed by atoms with van der Waals surface area (Å²) in [4.78, 5) is 16.6. The first-order valence-electron chi connectivity index (χ1n) is 6.48. The van der Waals surface area contributed by atoms with Crippen LogP contribution in [0, 0.1) is 5.92 Å². The van der Waals surface area contributed by atoms with Gasteiger partial charge in [-0.3, -0.25) is 9.78 Å². The predicted molar refractivity (Wildman–Crippen MR) is 76.9 cm³/mol. The first-order valence-corrected chi connectivity index (χ1v) is 6.48. The number of nitrogens with zero attached hydrogens (tertiary/aromatic N) is 1. The summed E-state index contributed by atoms with van der Waals surface area (Å²) in [6.07, 6.45) is 1.70. The van der Waals surface area contributed by atoms with Crippen molar-refractivity contribution < 1.29 is 4.79 Å². The molecule has 2 atom stereocenters. The Morgan fingerprint density at radius 2 is 2.05 bits per heavy atom. The van der Waals surface area contributed by atoms with Crippen molar-refractivity contribution in [2.75, 3.05) is 6.54 Å². The van der Waals surface area contributed by atoms with Gasteiger partial charge in [-0.15, -0.1) is 0 Å². The number of hydrogen-bond acceptors (Lipinski definition) is 3. The average Bonchev–Trinajstić information content (AvgIpc) is 2.45. The number of nitrogens with two attached hydrogens (primary N) is 1. The molecule has 1 heterocycles. The number of benzene rings is 1. The van der Waals surface area contributed by atoms with E-state index in [0.717, 1.165) is 10.9 Å². The van der Waals surface area contributed by atoms with Crippen LogP contribution < -0.4 is 11.1 Å². The second-order valence-electron chi connectivity index (χ2n) is 4.86. The van der Waals surface area contributed by atoms with Crippen LogP contribution in [0.4, 0.5) is 0 Å². The SMILES string of the molecule is CC(CN)C(C)NC(=O)c1cccc2cccnc12. The number of para-hydroxylation sites is 1. The molecular formula is C15H19N3O. The number of pyridine rings is 1. The minimum atomic E-state index is -0.0999. The van der Waals surface area contributed by atoms with E-state index >= 15 is 0 Å². The molecule has 2 unspecified atom stereocenters. The molecule has 4 nitrogen and oxygen atoms in total. The van der Waals surface area contributed by atoms with Gasteiger partial charge in [-0.05, 0) is 31.5 Å². The molecule has 0 spiro atoms. The minimum absolute atomic E-state index is 0.0384. The number of amides is 1. The van der Waals surface area contributed by atoms with Gasteiger partial charge in [-0.2, -0.15) is 0 Å². The van der Waals surface area contributed by atoms with E-state index in [4.69, 9.17) is 5.73 Å². The number of nitrogens with one attached hydrogen (secondary N) is 1. The topological polar surface area (TPSA) is 68.0 Å². The van der Waals surface area contributed by atoms with Crippen LogP contribution >= 0.6 is 0 Å². The van der Waals surface area contributed by atoms with E-state index in [2.05, 4.69) is 10.3 Å². The van der Waals surface area contributed by atoms with Gasteiger partial charge >= 0.3 is 0 Å². The predicted octanol–water partition coefficient (Wildman–Crippen LogP) is 1.95. The number of carbonyl (C=O) groups excluding carboxylic acids is 1. The summed E-state index contributed by atoms with van der Waals surface area (Å²) in [6, 6.07) is 9.47. The van der Waals surface area contributed by atoms with E-state index in [0.29, 0.717) is 12.1 Å². The maximum absolute atomic E-state index is 12.3. The van der Waals surface area contributed by atoms with Gasteiger partial charge in [-0.1, -0.05) is 25.1 Å². The first kappa shape index (κ1) is 13.5. The van der Waals surface area contributed by atoms with Crippen LogP contribution in [-0.2, 0) is 0 Å². The molecule has 0 bridgehead atoms. The third-order valence-electron chi connectivity index (χ3n) is 3.46. The Bertz CT molecular complexity index is 577. The smallest absolute Gasteiger partial charge is 0.253 e. The van der Waals surface area contributed by atoms with Gasteiger partial charge in [0.2, 0.25) is 0 Å². The van der Waals surface area contributed by atoms with Crippen molar-refractivity contribution in [1.82, 2.24) is 10.3 Å². The Morgan fingerprint density at radius 3 is 2.79 bits per heavy atom. The standard InChI is InChI=1S/C15H19N3O/c1-10(9-16)11(2)18-15(19)13-7-3-5-12-6-4-8-17-14(12)13/h3-8,10-11H,9,16H2,1-2H3,(H,18,19). The Balaban J connectivity index is 2.27. The second kappa shape index (κ2) is 5.80. The van der Waals surface area contributed by atoms with Gasteiger partial charge in [-0.25, -0.2) is 0 Å². The molecule has 0 radical (unpaired) electrons. The zero-order chi connectivity index (χ0) is 13.8. The fourth-order valence-electron chi connectivity index (χ4n) is 1.92. The molecule has 2 aromatic rings. The minimum Gasteiger partial charge on any atom is -0.349 e. The van der Waals surface area contributed by atoms with Crippen LogP contribution in [0.5, 0.6) is 0 Å². The monoisotopic (exact) mass is 257 g/mol. The van der Waals surface area contributed by atoms with Crippen LogP contribution in [0.2, 0.25) is 0 Å². The lowest BCUT2D eigenvalue weighted by Crippen LogP contribution is -2.39.